The predicted molar refractivity (Wildman–Crippen MR) is 118 cm³/mol. The van der Waals surface area contributed by atoms with Gasteiger partial charge in [0.15, 0.2) is 0 Å². The molecule has 29 heavy (non-hydrogen) atoms. The summed E-state index contributed by atoms with van der Waals surface area (Å²) >= 11 is 0. The van der Waals surface area contributed by atoms with Crippen LogP contribution < -0.4 is 11.1 Å². The van der Waals surface area contributed by atoms with Crippen molar-refractivity contribution in [2.45, 2.75) is 12.5 Å². The molecule has 0 saturated heterocycles. The molecule has 0 spiro atoms. The zero-order valence-corrected chi connectivity index (χ0v) is 16.9. The van der Waals surface area contributed by atoms with Crippen molar-refractivity contribution in [2.75, 3.05) is 5.32 Å². The number of anilines is 1. The fraction of sp³-hybridized carbons (Fsp3) is 0.100. The van der Waals surface area contributed by atoms with Crippen molar-refractivity contribution in [1.29, 1.82) is 0 Å². The quantitative estimate of drug-likeness (QED) is 0.430. The van der Waals surface area contributed by atoms with Crippen LogP contribution in [0.4, 0.5) is 11.4 Å². The lowest BCUT2D eigenvalue weighted by atomic mass is 10.0. The molecule has 9 heteroatoms. The molecule has 152 valence electrons. The second-order valence-electron chi connectivity index (χ2n) is 6.04. The average molecular weight is 435 g/mol. The van der Waals surface area contributed by atoms with Crippen LogP contribution in [0.1, 0.15) is 5.56 Å². The van der Waals surface area contributed by atoms with Crippen LogP contribution in [0.3, 0.4) is 0 Å². The number of halogens is 2. The van der Waals surface area contributed by atoms with Gasteiger partial charge in [-0.25, -0.2) is 0 Å². The van der Waals surface area contributed by atoms with Gasteiger partial charge in [0.2, 0.25) is 5.91 Å². The summed E-state index contributed by atoms with van der Waals surface area (Å²) < 4.78 is 0. The summed E-state index contributed by atoms with van der Waals surface area (Å²) in [5.41, 5.74) is 9.15. The summed E-state index contributed by atoms with van der Waals surface area (Å²) in [6.45, 7) is 0. The number of amides is 1. The van der Waals surface area contributed by atoms with Crippen LogP contribution in [-0.2, 0) is 11.2 Å². The minimum absolute atomic E-state index is 0. The number of aromatic nitrogens is 1. The van der Waals surface area contributed by atoms with Gasteiger partial charge in [0, 0.05) is 36.6 Å². The zero-order valence-electron chi connectivity index (χ0n) is 15.2. The molecule has 3 rings (SSSR count). The average Bonchev–Trinajstić information content (AvgIpc) is 2.69. The van der Waals surface area contributed by atoms with Gasteiger partial charge in [0.1, 0.15) is 6.04 Å². The Morgan fingerprint density at radius 3 is 2.03 bits per heavy atom. The molecule has 0 aliphatic rings. The molecule has 1 aromatic heterocycles. The normalized spacial score (nSPS) is 10.8. The van der Waals surface area contributed by atoms with Gasteiger partial charge in [-0.05, 0) is 41.0 Å². The largest absolute Gasteiger partial charge is 0.373 e. The highest BCUT2D eigenvalue weighted by molar-refractivity contribution is 5.85. The van der Waals surface area contributed by atoms with Crippen LogP contribution in [0.2, 0.25) is 0 Å². The van der Waals surface area contributed by atoms with Gasteiger partial charge < -0.3 is 11.1 Å². The smallest absolute Gasteiger partial charge is 0.269 e. The van der Waals surface area contributed by atoms with Crippen LogP contribution in [0, 0.1) is 10.1 Å². The number of carbonyl (C=O) groups is 1. The number of nitro groups is 1. The van der Waals surface area contributed by atoms with Crippen molar-refractivity contribution in [3.63, 3.8) is 0 Å². The summed E-state index contributed by atoms with van der Waals surface area (Å²) in [6, 6.07) is 16.9. The first-order valence-corrected chi connectivity index (χ1v) is 8.32. The highest BCUT2D eigenvalue weighted by atomic mass is 35.5. The lowest BCUT2D eigenvalue weighted by molar-refractivity contribution is -0.384. The molecule has 3 aromatic rings. The molecule has 0 aliphatic carbocycles. The molecule has 7 nitrogen and oxygen atoms in total. The van der Waals surface area contributed by atoms with E-state index < -0.39 is 16.9 Å². The SMILES string of the molecule is Cl.Cl.NC(=O)C(Cc1ccc([N+](=O)[O-])cc1)Nc1ccc(-c2ccncc2)cc1. The third kappa shape index (κ3) is 6.44. The Kier molecular flexibility index (Phi) is 9.05. The minimum atomic E-state index is -0.627. The van der Waals surface area contributed by atoms with E-state index in [2.05, 4.69) is 10.3 Å². The molecule has 0 saturated carbocycles. The van der Waals surface area contributed by atoms with Crippen molar-refractivity contribution in [3.05, 3.63) is 88.7 Å². The van der Waals surface area contributed by atoms with Crippen LogP contribution in [0.15, 0.2) is 73.1 Å². The molecular formula is C20H20Cl2N4O3. The Morgan fingerprint density at radius 2 is 1.52 bits per heavy atom. The molecule has 0 radical (unpaired) electrons. The summed E-state index contributed by atoms with van der Waals surface area (Å²) in [6.07, 6.45) is 3.79. The van der Waals surface area contributed by atoms with Gasteiger partial charge >= 0.3 is 0 Å². The Morgan fingerprint density at radius 1 is 0.966 bits per heavy atom. The monoisotopic (exact) mass is 434 g/mol. The van der Waals surface area contributed by atoms with Crippen molar-refractivity contribution in [2.24, 2.45) is 5.73 Å². The first-order valence-electron chi connectivity index (χ1n) is 8.32. The van der Waals surface area contributed by atoms with Crippen molar-refractivity contribution < 1.29 is 9.72 Å². The van der Waals surface area contributed by atoms with E-state index in [1.165, 1.54) is 12.1 Å². The van der Waals surface area contributed by atoms with Crippen LogP contribution in [0.25, 0.3) is 11.1 Å². The number of nitrogens with two attached hydrogens (primary N) is 1. The van der Waals surface area contributed by atoms with Gasteiger partial charge in [-0.2, -0.15) is 0 Å². The van der Waals surface area contributed by atoms with Crippen LogP contribution in [0.5, 0.6) is 0 Å². The number of nitrogens with one attached hydrogen (secondary N) is 1. The fourth-order valence-corrected chi connectivity index (χ4v) is 2.72. The minimum Gasteiger partial charge on any atom is -0.373 e. The van der Waals surface area contributed by atoms with E-state index in [9.17, 15) is 14.9 Å². The maximum atomic E-state index is 11.8. The summed E-state index contributed by atoms with van der Waals surface area (Å²) in [5, 5.41) is 13.9. The molecule has 0 aliphatic heterocycles. The molecule has 1 atom stereocenters. The molecule has 0 bridgehead atoms. The van der Waals surface area contributed by atoms with Gasteiger partial charge in [-0.3, -0.25) is 19.9 Å². The number of nitrogens with zero attached hydrogens (tertiary/aromatic N) is 2. The second kappa shape index (κ2) is 11.0. The fourth-order valence-electron chi connectivity index (χ4n) is 2.72. The topological polar surface area (TPSA) is 111 Å². The number of primary amides is 1. The standard InChI is InChI=1S/C20H18N4O3.2ClH/c21-20(25)19(13-14-1-7-18(8-2-14)24(26)27)23-17-5-3-15(4-6-17)16-9-11-22-12-10-16;;/h1-12,19,23H,13H2,(H2,21,25);2*1H. The molecular weight excluding hydrogens is 415 g/mol. The molecule has 1 unspecified atom stereocenters. The van der Waals surface area contributed by atoms with E-state index in [-0.39, 0.29) is 30.5 Å². The highest BCUT2D eigenvalue weighted by Gasteiger charge is 2.16. The van der Waals surface area contributed by atoms with E-state index in [1.807, 2.05) is 36.4 Å². The maximum absolute atomic E-state index is 11.8. The number of benzene rings is 2. The van der Waals surface area contributed by atoms with Gasteiger partial charge in [0.05, 0.1) is 4.92 Å². The molecule has 3 N–H and O–H groups in total. The Hall–Kier alpha value is -3.16. The van der Waals surface area contributed by atoms with Gasteiger partial charge in [-0.15, -0.1) is 24.8 Å². The lowest BCUT2D eigenvalue weighted by Crippen LogP contribution is -2.37. The van der Waals surface area contributed by atoms with E-state index in [0.717, 1.165) is 22.4 Å². The van der Waals surface area contributed by atoms with E-state index >= 15 is 0 Å². The molecule has 1 amide bonds. The Balaban J connectivity index is 0.00000210. The Labute approximate surface area is 180 Å². The molecule has 1 heterocycles. The van der Waals surface area contributed by atoms with Crippen molar-refractivity contribution in [3.8, 4) is 11.1 Å². The number of rotatable bonds is 7. The van der Waals surface area contributed by atoms with E-state index in [4.69, 9.17) is 5.73 Å². The predicted octanol–water partition coefficient (Wildman–Crippen LogP) is 4.01. The van der Waals surface area contributed by atoms with Crippen LogP contribution in [-0.4, -0.2) is 21.9 Å². The molecule has 2 aromatic carbocycles. The lowest BCUT2D eigenvalue weighted by Gasteiger charge is -2.17. The van der Waals surface area contributed by atoms with Gasteiger partial charge in [0.25, 0.3) is 5.69 Å². The zero-order chi connectivity index (χ0) is 19.2. The highest BCUT2D eigenvalue weighted by Crippen LogP contribution is 2.21. The van der Waals surface area contributed by atoms with Crippen molar-refractivity contribution in [1.82, 2.24) is 4.98 Å². The van der Waals surface area contributed by atoms with E-state index in [1.54, 1.807) is 24.5 Å². The number of hydrogen-bond acceptors (Lipinski definition) is 5. The van der Waals surface area contributed by atoms with E-state index in [0.29, 0.717) is 6.42 Å². The third-order valence-electron chi connectivity index (χ3n) is 4.17. The summed E-state index contributed by atoms with van der Waals surface area (Å²) in [4.78, 5) is 26.1. The summed E-state index contributed by atoms with van der Waals surface area (Å²) in [5.74, 6) is -0.494. The number of hydrogen-bond donors (Lipinski definition) is 2. The van der Waals surface area contributed by atoms with Crippen molar-refractivity contribution >= 4 is 42.1 Å². The Bertz CT molecular complexity index is 936. The maximum Gasteiger partial charge on any atom is 0.269 e. The number of carbonyl (C=O) groups excluding carboxylic acids is 1. The third-order valence-corrected chi connectivity index (χ3v) is 4.17. The van der Waals surface area contributed by atoms with Gasteiger partial charge in [-0.1, -0.05) is 24.3 Å². The molecule has 0 fully saturated rings. The second-order valence-corrected chi connectivity index (χ2v) is 6.04. The first-order chi connectivity index (χ1) is 13.0. The summed E-state index contributed by atoms with van der Waals surface area (Å²) in [7, 11) is 0. The first kappa shape index (κ1) is 23.9. The number of non-ortho nitro benzene ring substituents is 1. The van der Waals surface area contributed by atoms with Crippen LogP contribution >= 0.6 is 24.8 Å². The number of nitro benzene ring substituents is 1. The number of pyridine rings is 1.